The minimum atomic E-state index is 0.0170. The quantitative estimate of drug-likeness (QED) is 0.737. The van der Waals surface area contributed by atoms with E-state index in [4.69, 9.17) is 0 Å². The second-order valence-electron chi connectivity index (χ2n) is 5.37. The Morgan fingerprint density at radius 3 is 2.68 bits per heavy atom. The lowest BCUT2D eigenvalue weighted by atomic mass is 10.1. The smallest absolute Gasteiger partial charge is 0.253 e. The summed E-state index contributed by atoms with van der Waals surface area (Å²) in [5.41, 5.74) is 2.76. The molecule has 3 nitrogen and oxygen atoms in total. The molecule has 1 amide bonds. The number of hydrogen-bond acceptors (Lipinski definition) is 2. The van der Waals surface area contributed by atoms with Crippen LogP contribution in [0.15, 0.2) is 18.2 Å². The molecule has 0 heterocycles. The van der Waals surface area contributed by atoms with Gasteiger partial charge in [0.25, 0.3) is 5.91 Å². The van der Waals surface area contributed by atoms with Crippen LogP contribution in [0.4, 0.5) is 5.69 Å². The predicted molar refractivity (Wildman–Crippen MR) is 81.7 cm³/mol. The fourth-order valence-corrected chi connectivity index (χ4v) is 2.00. The summed E-state index contributed by atoms with van der Waals surface area (Å²) in [7, 11) is 0. The molecule has 0 atom stereocenters. The third-order valence-electron chi connectivity index (χ3n) is 3.03. The van der Waals surface area contributed by atoms with Crippen molar-refractivity contribution >= 4 is 11.6 Å². The summed E-state index contributed by atoms with van der Waals surface area (Å²) in [4.78, 5) is 12.2. The van der Waals surface area contributed by atoms with Crippen molar-refractivity contribution in [2.75, 3.05) is 18.4 Å². The molecule has 0 radical (unpaired) electrons. The molecule has 106 valence electrons. The lowest BCUT2D eigenvalue weighted by Gasteiger charge is -2.12. The maximum Gasteiger partial charge on any atom is 0.253 e. The SMILES string of the molecule is CCNc1ccc(C)cc1C(=O)NCCCC(C)C. The first-order chi connectivity index (χ1) is 9.04. The molecule has 0 unspecified atom stereocenters. The molecule has 0 aliphatic carbocycles. The molecule has 0 bridgehead atoms. The third-order valence-corrected chi connectivity index (χ3v) is 3.03. The van der Waals surface area contributed by atoms with Crippen molar-refractivity contribution in [2.45, 2.75) is 40.5 Å². The highest BCUT2D eigenvalue weighted by molar-refractivity contribution is 5.99. The lowest BCUT2D eigenvalue weighted by Crippen LogP contribution is -2.25. The van der Waals surface area contributed by atoms with Crippen LogP contribution < -0.4 is 10.6 Å². The first-order valence-electron chi connectivity index (χ1n) is 7.17. The van der Waals surface area contributed by atoms with Crippen molar-refractivity contribution < 1.29 is 4.79 Å². The zero-order chi connectivity index (χ0) is 14.3. The van der Waals surface area contributed by atoms with Gasteiger partial charge < -0.3 is 10.6 Å². The van der Waals surface area contributed by atoms with Crippen molar-refractivity contribution in [2.24, 2.45) is 5.92 Å². The first-order valence-corrected chi connectivity index (χ1v) is 7.17. The Balaban J connectivity index is 2.62. The van der Waals surface area contributed by atoms with Gasteiger partial charge in [-0.1, -0.05) is 25.5 Å². The normalized spacial score (nSPS) is 10.6. The van der Waals surface area contributed by atoms with Gasteiger partial charge >= 0.3 is 0 Å². The van der Waals surface area contributed by atoms with E-state index < -0.39 is 0 Å². The zero-order valence-electron chi connectivity index (χ0n) is 12.5. The summed E-state index contributed by atoms with van der Waals surface area (Å²) in [5, 5.41) is 6.23. The van der Waals surface area contributed by atoms with Crippen LogP contribution in [0.25, 0.3) is 0 Å². The van der Waals surface area contributed by atoms with Gasteiger partial charge in [-0.25, -0.2) is 0 Å². The van der Waals surface area contributed by atoms with Gasteiger partial charge in [-0.05, 0) is 44.7 Å². The first kappa shape index (κ1) is 15.5. The monoisotopic (exact) mass is 262 g/mol. The molecule has 0 spiro atoms. The van der Waals surface area contributed by atoms with Crippen LogP contribution >= 0.6 is 0 Å². The third kappa shape index (κ3) is 5.33. The summed E-state index contributed by atoms with van der Waals surface area (Å²) in [6.45, 7) is 10.00. The van der Waals surface area contributed by atoms with Crippen LogP contribution in [0, 0.1) is 12.8 Å². The molecule has 3 heteroatoms. The fourth-order valence-electron chi connectivity index (χ4n) is 2.00. The highest BCUT2D eigenvalue weighted by Crippen LogP contribution is 2.17. The molecule has 0 aromatic heterocycles. The number of carbonyl (C=O) groups excluding carboxylic acids is 1. The highest BCUT2D eigenvalue weighted by atomic mass is 16.1. The topological polar surface area (TPSA) is 41.1 Å². The number of hydrogen-bond donors (Lipinski definition) is 2. The van der Waals surface area contributed by atoms with Gasteiger partial charge in [-0.3, -0.25) is 4.79 Å². The molecule has 0 fully saturated rings. The molecular formula is C16H26N2O. The Labute approximate surface area is 116 Å². The molecule has 0 aliphatic rings. The summed E-state index contributed by atoms with van der Waals surface area (Å²) in [6, 6.07) is 5.94. The van der Waals surface area contributed by atoms with Gasteiger partial charge in [-0.15, -0.1) is 0 Å². The van der Waals surface area contributed by atoms with E-state index in [-0.39, 0.29) is 5.91 Å². The Morgan fingerprint density at radius 1 is 1.32 bits per heavy atom. The largest absolute Gasteiger partial charge is 0.385 e. The van der Waals surface area contributed by atoms with E-state index in [0.29, 0.717) is 5.92 Å². The minimum absolute atomic E-state index is 0.0170. The number of anilines is 1. The number of amides is 1. The highest BCUT2D eigenvalue weighted by Gasteiger charge is 2.10. The number of carbonyl (C=O) groups is 1. The Morgan fingerprint density at radius 2 is 2.05 bits per heavy atom. The molecular weight excluding hydrogens is 236 g/mol. The molecule has 2 N–H and O–H groups in total. The van der Waals surface area contributed by atoms with Crippen molar-refractivity contribution in [3.8, 4) is 0 Å². The van der Waals surface area contributed by atoms with Crippen LogP contribution in [0.5, 0.6) is 0 Å². The number of rotatable bonds is 7. The van der Waals surface area contributed by atoms with E-state index in [0.717, 1.165) is 42.7 Å². The van der Waals surface area contributed by atoms with Crippen LogP contribution in [-0.4, -0.2) is 19.0 Å². The predicted octanol–water partition coefficient (Wildman–Crippen LogP) is 3.59. The van der Waals surface area contributed by atoms with Gasteiger partial charge in [0.05, 0.1) is 5.56 Å². The number of aryl methyl sites for hydroxylation is 1. The molecule has 1 rings (SSSR count). The number of nitrogens with one attached hydrogen (secondary N) is 2. The maximum absolute atomic E-state index is 12.2. The van der Waals surface area contributed by atoms with E-state index in [9.17, 15) is 4.79 Å². The minimum Gasteiger partial charge on any atom is -0.385 e. The lowest BCUT2D eigenvalue weighted by molar-refractivity contribution is 0.0953. The van der Waals surface area contributed by atoms with Crippen LogP contribution in [-0.2, 0) is 0 Å². The standard InChI is InChI=1S/C16H26N2O/c1-5-17-15-9-8-13(4)11-14(15)16(19)18-10-6-7-12(2)3/h8-9,11-12,17H,5-7,10H2,1-4H3,(H,18,19). The molecule has 0 saturated heterocycles. The Hall–Kier alpha value is -1.51. The van der Waals surface area contributed by atoms with E-state index >= 15 is 0 Å². The van der Waals surface area contributed by atoms with Crippen molar-refractivity contribution in [1.29, 1.82) is 0 Å². The van der Waals surface area contributed by atoms with Crippen molar-refractivity contribution in [3.05, 3.63) is 29.3 Å². The Bertz CT molecular complexity index is 413. The van der Waals surface area contributed by atoms with Crippen LogP contribution in [0.2, 0.25) is 0 Å². The molecule has 0 saturated carbocycles. The average molecular weight is 262 g/mol. The summed E-state index contributed by atoms with van der Waals surface area (Å²) >= 11 is 0. The second kappa shape index (κ2) is 7.82. The van der Waals surface area contributed by atoms with Gasteiger partial charge in [0.15, 0.2) is 0 Å². The van der Waals surface area contributed by atoms with Gasteiger partial charge in [0, 0.05) is 18.8 Å². The maximum atomic E-state index is 12.2. The van der Waals surface area contributed by atoms with E-state index in [1.165, 1.54) is 0 Å². The molecule has 1 aromatic carbocycles. The number of benzene rings is 1. The van der Waals surface area contributed by atoms with Gasteiger partial charge in [0.2, 0.25) is 0 Å². The van der Waals surface area contributed by atoms with Crippen LogP contribution in [0.1, 0.15) is 49.5 Å². The van der Waals surface area contributed by atoms with Crippen LogP contribution in [0.3, 0.4) is 0 Å². The van der Waals surface area contributed by atoms with E-state index in [1.807, 2.05) is 32.0 Å². The summed E-state index contributed by atoms with van der Waals surface area (Å²) in [6.07, 6.45) is 2.18. The second-order valence-corrected chi connectivity index (χ2v) is 5.37. The van der Waals surface area contributed by atoms with Crippen molar-refractivity contribution in [3.63, 3.8) is 0 Å². The van der Waals surface area contributed by atoms with Gasteiger partial charge in [0.1, 0.15) is 0 Å². The summed E-state index contributed by atoms with van der Waals surface area (Å²) < 4.78 is 0. The summed E-state index contributed by atoms with van der Waals surface area (Å²) in [5.74, 6) is 0.705. The Kier molecular flexibility index (Phi) is 6.40. The molecule has 0 aliphatic heterocycles. The average Bonchev–Trinajstić information content (AvgIpc) is 2.36. The van der Waals surface area contributed by atoms with E-state index in [2.05, 4.69) is 24.5 Å². The zero-order valence-corrected chi connectivity index (χ0v) is 12.5. The fraction of sp³-hybridized carbons (Fsp3) is 0.562. The van der Waals surface area contributed by atoms with Crippen molar-refractivity contribution in [1.82, 2.24) is 5.32 Å². The van der Waals surface area contributed by atoms with Gasteiger partial charge in [-0.2, -0.15) is 0 Å². The molecule has 1 aromatic rings. The molecule has 19 heavy (non-hydrogen) atoms. The van der Waals surface area contributed by atoms with E-state index in [1.54, 1.807) is 0 Å².